The molecule has 1 aliphatic heterocycles. The Morgan fingerprint density at radius 1 is 1.20 bits per heavy atom. The molecule has 3 nitrogen and oxygen atoms in total. The van der Waals surface area contributed by atoms with Crippen molar-refractivity contribution in [2.24, 2.45) is 5.73 Å². The molecule has 0 atom stereocenters. The van der Waals surface area contributed by atoms with E-state index in [1.807, 2.05) is 0 Å². The van der Waals surface area contributed by atoms with Crippen molar-refractivity contribution in [1.29, 1.82) is 5.41 Å². The number of amidine groups is 1. The summed E-state index contributed by atoms with van der Waals surface area (Å²) in [6.07, 6.45) is 5.28. The van der Waals surface area contributed by atoms with Crippen LogP contribution < -0.4 is 5.73 Å². The van der Waals surface area contributed by atoms with E-state index in [9.17, 15) is 0 Å². The topological polar surface area (TPSA) is 53.1 Å². The van der Waals surface area contributed by atoms with Crippen molar-refractivity contribution in [3.63, 3.8) is 0 Å². The number of hydrogen-bond acceptors (Lipinski definition) is 3. The summed E-state index contributed by atoms with van der Waals surface area (Å²) in [6, 6.07) is 0. The molecule has 0 saturated carbocycles. The third-order valence-corrected chi connectivity index (χ3v) is 3.13. The first kappa shape index (κ1) is 18.1. The maximum absolute atomic E-state index is 7.04. The zero-order valence-electron chi connectivity index (χ0n) is 8.91. The van der Waals surface area contributed by atoms with Crippen molar-refractivity contribution in [2.75, 3.05) is 25.4 Å². The molecule has 0 aromatic heterocycles. The van der Waals surface area contributed by atoms with Gasteiger partial charge in [-0.15, -0.1) is 34.0 Å². The summed E-state index contributed by atoms with van der Waals surface area (Å²) in [5.74, 6) is 0.992. The van der Waals surface area contributed by atoms with Crippen LogP contribution in [0, 0.1) is 5.41 Å². The number of nitrogens with zero attached hydrogens (tertiary/aromatic N) is 1. The van der Waals surface area contributed by atoms with Crippen LogP contribution in [-0.2, 0) is 0 Å². The minimum absolute atomic E-state index is 0. The van der Waals surface area contributed by atoms with Crippen molar-refractivity contribution >= 4 is 50.9 Å². The van der Waals surface area contributed by atoms with Gasteiger partial charge in [0.05, 0.1) is 0 Å². The molecule has 0 aromatic carbocycles. The van der Waals surface area contributed by atoms with Crippen LogP contribution in [0.2, 0.25) is 0 Å². The summed E-state index contributed by atoms with van der Waals surface area (Å²) in [6.45, 7) is 3.72. The third-order valence-electron chi connectivity index (χ3n) is 2.32. The molecule has 1 rings (SSSR count). The Morgan fingerprint density at radius 2 is 1.80 bits per heavy atom. The number of rotatable bonds is 4. The standard InChI is InChI=1S/C9H19N3S.2BrH/c10-9(11)13-8-4-7-12-5-2-1-3-6-12;;/h1-8H2,(H3,10,11);2*1H. The van der Waals surface area contributed by atoms with E-state index in [1.165, 1.54) is 50.7 Å². The van der Waals surface area contributed by atoms with E-state index in [2.05, 4.69) is 4.90 Å². The molecular weight excluding hydrogens is 342 g/mol. The molecule has 0 amide bonds. The number of hydrogen-bond donors (Lipinski definition) is 2. The lowest BCUT2D eigenvalue weighted by Gasteiger charge is -2.26. The Balaban J connectivity index is 0. The number of nitrogens with two attached hydrogens (primary N) is 1. The molecule has 0 aliphatic carbocycles. The highest BCUT2D eigenvalue weighted by Gasteiger charge is 2.08. The van der Waals surface area contributed by atoms with Crippen LogP contribution >= 0.6 is 45.7 Å². The minimum Gasteiger partial charge on any atom is -0.379 e. The number of halogens is 2. The predicted molar refractivity (Wildman–Crippen MR) is 79.9 cm³/mol. The molecule has 0 spiro atoms. The SMILES string of the molecule is Br.Br.N=C(N)SCCCN1CCCCC1. The van der Waals surface area contributed by atoms with Crippen molar-refractivity contribution in [3.05, 3.63) is 0 Å². The lowest BCUT2D eigenvalue weighted by Crippen LogP contribution is -2.30. The Bertz CT molecular complexity index is 163. The lowest BCUT2D eigenvalue weighted by molar-refractivity contribution is 0.230. The van der Waals surface area contributed by atoms with Gasteiger partial charge >= 0.3 is 0 Å². The maximum atomic E-state index is 7.04. The highest BCUT2D eigenvalue weighted by atomic mass is 79.9. The van der Waals surface area contributed by atoms with E-state index in [1.54, 1.807) is 0 Å². The molecule has 0 unspecified atom stereocenters. The highest BCUT2D eigenvalue weighted by molar-refractivity contribution is 8.93. The first-order chi connectivity index (χ1) is 6.29. The summed E-state index contributed by atoms with van der Waals surface area (Å²) in [7, 11) is 0. The van der Waals surface area contributed by atoms with E-state index < -0.39 is 0 Å². The molecule has 0 radical (unpaired) electrons. The molecule has 6 heteroatoms. The van der Waals surface area contributed by atoms with Crippen LogP contribution in [-0.4, -0.2) is 35.5 Å². The number of piperidine rings is 1. The molecular formula is C9H21Br2N3S. The van der Waals surface area contributed by atoms with E-state index in [4.69, 9.17) is 11.1 Å². The summed E-state index contributed by atoms with van der Waals surface area (Å²) in [5, 5.41) is 7.29. The van der Waals surface area contributed by atoms with Crippen LogP contribution in [0.25, 0.3) is 0 Å². The summed E-state index contributed by atoms with van der Waals surface area (Å²) in [5.41, 5.74) is 5.24. The molecule has 1 fully saturated rings. The van der Waals surface area contributed by atoms with Crippen LogP contribution in [0.15, 0.2) is 0 Å². The zero-order chi connectivity index (χ0) is 9.52. The third kappa shape index (κ3) is 9.66. The van der Waals surface area contributed by atoms with Gasteiger partial charge in [-0.25, -0.2) is 0 Å². The Kier molecular flexibility index (Phi) is 13.6. The van der Waals surface area contributed by atoms with Gasteiger partial charge in [0, 0.05) is 5.75 Å². The second kappa shape index (κ2) is 11.2. The van der Waals surface area contributed by atoms with Gasteiger partial charge < -0.3 is 10.6 Å². The fraction of sp³-hybridized carbons (Fsp3) is 0.889. The highest BCUT2D eigenvalue weighted by Crippen LogP contribution is 2.10. The summed E-state index contributed by atoms with van der Waals surface area (Å²) >= 11 is 1.45. The number of likely N-dealkylation sites (tertiary alicyclic amines) is 1. The molecule has 1 heterocycles. The Hall–Kier alpha value is 0.740. The predicted octanol–water partition coefficient (Wildman–Crippen LogP) is 2.64. The fourth-order valence-corrected chi connectivity index (χ4v) is 2.15. The van der Waals surface area contributed by atoms with E-state index in [0.717, 1.165) is 12.2 Å². The first-order valence-corrected chi connectivity index (χ1v) is 5.97. The van der Waals surface area contributed by atoms with E-state index in [0.29, 0.717) is 0 Å². The smallest absolute Gasteiger partial charge is 0.151 e. The molecule has 0 aromatic rings. The second-order valence-corrected chi connectivity index (χ2v) is 4.61. The second-order valence-electron chi connectivity index (χ2n) is 3.47. The minimum atomic E-state index is 0. The fourth-order valence-electron chi connectivity index (χ4n) is 1.65. The number of thioether (sulfide) groups is 1. The Morgan fingerprint density at radius 3 is 2.33 bits per heavy atom. The quantitative estimate of drug-likeness (QED) is 0.459. The van der Waals surface area contributed by atoms with Crippen LogP contribution in [0.5, 0.6) is 0 Å². The van der Waals surface area contributed by atoms with Crippen molar-refractivity contribution in [3.8, 4) is 0 Å². The summed E-state index contributed by atoms with van der Waals surface area (Å²) < 4.78 is 0. The van der Waals surface area contributed by atoms with Crippen LogP contribution in [0.4, 0.5) is 0 Å². The van der Waals surface area contributed by atoms with Crippen LogP contribution in [0.1, 0.15) is 25.7 Å². The van der Waals surface area contributed by atoms with Crippen molar-refractivity contribution in [2.45, 2.75) is 25.7 Å². The largest absolute Gasteiger partial charge is 0.379 e. The van der Waals surface area contributed by atoms with Gasteiger partial charge in [0.1, 0.15) is 0 Å². The van der Waals surface area contributed by atoms with Gasteiger partial charge in [-0.05, 0) is 38.9 Å². The van der Waals surface area contributed by atoms with Crippen molar-refractivity contribution in [1.82, 2.24) is 4.90 Å². The average molecular weight is 363 g/mol. The van der Waals surface area contributed by atoms with E-state index in [-0.39, 0.29) is 39.1 Å². The molecule has 0 bridgehead atoms. The number of nitrogens with one attached hydrogen (secondary N) is 1. The van der Waals surface area contributed by atoms with E-state index >= 15 is 0 Å². The molecule has 1 aliphatic rings. The van der Waals surface area contributed by atoms with Crippen LogP contribution in [0.3, 0.4) is 0 Å². The molecule has 15 heavy (non-hydrogen) atoms. The maximum Gasteiger partial charge on any atom is 0.151 e. The zero-order valence-corrected chi connectivity index (χ0v) is 13.1. The van der Waals surface area contributed by atoms with Gasteiger partial charge in [0.15, 0.2) is 5.17 Å². The van der Waals surface area contributed by atoms with Gasteiger partial charge in [0.25, 0.3) is 0 Å². The van der Waals surface area contributed by atoms with Crippen molar-refractivity contribution < 1.29 is 0 Å². The van der Waals surface area contributed by atoms with Gasteiger partial charge in [-0.1, -0.05) is 18.2 Å². The van der Waals surface area contributed by atoms with Gasteiger partial charge in [-0.3, -0.25) is 5.41 Å². The summed E-state index contributed by atoms with van der Waals surface area (Å²) in [4.78, 5) is 2.52. The Labute approximate surface area is 118 Å². The first-order valence-electron chi connectivity index (χ1n) is 4.98. The van der Waals surface area contributed by atoms with Gasteiger partial charge in [0.2, 0.25) is 0 Å². The lowest BCUT2D eigenvalue weighted by atomic mass is 10.1. The average Bonchev–Trinajstić information content (AvgIpc) is 2.14. The molecule has 1 saturated heterocycles. The molecule has 3 N–H and O–H groups in total. The normalized spacial score (nSPS) is 16.3. The van der Waals surface area contributed by atoms with Gasteiger partial charge in [-0.2, -0.15) is 0 Å². The monoisotopic (exact) mass is 361 g/mol. The molecule has 92 valence electrons.